The molecule has 0 saturated carbocycles. The van der Waals surface area contributed by atoms with Crippen LogP contribution in [0.4, 0.5) is 0 Å². The second-order valence-electron chi connectivity index (χ2n) is 9.66. The molecule has 1 rings (SSSR count). The molecule has 1 aromatic rings. The highest BCUT2D eigenvalue weighted by atomic mass is 32.2. The lowest BCUT2D eigenvalue weighted by molar-refractivity contribution is 0.306. The average molecular weight is 481 g/mol. The summed E-state index contributed by atoms with van der Waals surface area (Å²) < 4.78 is 29.2. The Morgan fingerprint density at radius 1 is 0.515 bits per heavy atom. The highest BCUT2D eigenvalue weighted by molar-refractivity contribution is 7.86. The normalized spacial score (nSPS) is 11.8. The first-order chi connectivity index (χ1) is 16.2. The minimum absolute atomic E-state index is 0.244. The molecule has 0 amide bonds. The molecule has 0 spiro atoms. The predicted molar refractivity (Wildman–Crippen MR) is 142 cm³/mol. The SMILES string of the molecule is CCCCCCCCCCCCCCCCCCCCCCCOS(=O)(=O)c1ccccc1. The molecule has 0 saturated heterocycles. The van der Waals surface area contributed by atoms with E-state index in [0.29, 0.717) is 0 Å². The van der Waals surface area contributed by atoms with Crippen molar-refractivity contribution in [1.82, 2.24) is 0 Å². The third-order valence-corrected chi connectivity index (χ3v) is 7.84. The zero-order valence-corrected chi connectivity index (χ0v) is 22.4. The molecule has 0 fully saturated rings. The van der Waals surface area contributed by atoms with Crippen molar-refractivity contribution in [3.63, 3.8) is 0 Å². The average Bonchev–Trinajstić information content (AvgIpc) is 2.83. The van der Waals surface area contributed by atoms with Crippen molar-refractivity contribution in [2.45, 2.75) is 147 Å². The van der Waals surface area contributed by atoms with Crippen LogP contribution in [0.3, 0.4) is 0 Å². The van der Waals surface area contributed by atoms with Crippen molar-refractivity contribution < 1.29 is 12.6 Å². The Labute approximate surface area is 206 Å². The second kappa shape index (κ2) is 21.6. The van der Waals surface area contributed by atoms with Gasteiger partial charge in [-0.3, -0.25) is 4.18 Å². The van der Waals surface area contributed by atoms with Gasteiger partial charge in [-0.15, -0.1) is 0 Å². The molecule has 0 aliphatic carbocycles. The summed E-state index contributed by atoms with van der Waals surface area (Å²) >= 11 is 0. The van der Waals surface area contributed by atoms with E-state index in [1.54, 1.807) is 30.3 Å². The van der Waals surface area contributed by atoms with Crippen molar-refractivity contribution in [1.29, 1.82) is 0 Å². The molecule has 1 aromatic carbocycles. The van der Waals surface area contributed by atoms with Crippen LogP contribution in [-0.2, 0) is 14.3 Å². The maximum atomic E-state index is 12.0. The van der Waals surface area contributed by atoms with E-state index in [2.05, 4.69) is 6.92 Å². The van der Waals surface area contributed by atoms with Gasteiger partial charge >= 0.3 is 0 Å². The Kier molecular flexibility index (Phi) is 19.8. The van der Waals surface area contributed by atoms with Gasteiger partial charge in [0.1, 0.15) is 0 Å². The summed E-state index contributed by atoms with van der Waals surface area (Å²) in [5, 5.41) is 0. The van der Waals surface area contributed by atoms with Crippen LogP contribution < -0.4 is 0 Å². The standard InChI is InChI=1S/C29H52O3S/c1-2-3-4-5-6-7-8-9-10-11-12-13-14-15-16-17-18-19-20-21-25-28-32-33(30,31)29-26-23-22-24-27-29/h22-24,26-27H,2-21,25,28H2,1H3. The number of hydrogen-bond donors (Lipinski definition) is 0. The minimum Gasteiger partial charge on any atom is -0.266 e. The smallest absolute Gasteiger partial charge is 0.266 e. The Morgan fingerprint density at radius 2 is 0.848 bits per heavy atom. The van der Waals surface area contributed by atoms with E-state index in [0.717, 1.165) is 12.8 Å². The first-order valence-electron chi connectivity index (χ1n) is 14.1. The van der Waals surface area contributed by atoms with Crippen molar-refractivity contribution in [3.8, 4) is 0 Å². The van der Waals surface area contributed by atoms with E-state index < -0.39 is 10.1 Å². The topological polar surface area (TPSA) is 43.4 Å². The van der Waals surface area contributed by atoms with Crippen LogP contribution in [0.15, 0.2) is 35.2 Å². The third kappa shape index (κ3) is 18.2. The van der Waals surface area contributed by atoms with Gasteiger partial charge in [0.15, 0.2) is 0 Å². The van der Waals surface area contributed by atoms with Gasteiger partial charge in [-0.25, -0.2) is 0 Å². The van der Waals surface area contributed by atoms with Crippen LogP contribution in [0.25, 0.3) is 0 Å². The van der Waals surface area contributed by atoms with Gasteiger partial charge in [-0.1, -0.05) is 154 Å². The summed E-state index contributed by atoms with van der Waals surface area (Å²) in [5.74, 6) is 0. The number of rotatable bonds is 24. The number of unbranched alkanes of at least 4 members (excludes halogenated alkanes) is 20. The lowest BCUT2D eigenvalue weighted by Gasteiger charge is -2.06. The van der Waals surface area contributed by atoms with E-state index in [1.165, 1.54) is 122 Å². The Hall–Kier alpha value is -0.870. The monoisotopic (exact) mass is 480 g/mol. The van der Waals surface area contributed by atoms with Crippen LogP contribution in [0, 0.1) is 0 Å². The molecule has 0 atom stereocenters. The van der Waals surface area contributed by atoms with E-state index in [-0.39, 0.29) is 11.5 Å². The zero-order valence-electron chi connectivity index (χ0n) is 21.6. The summed E-state index contributed by atoms with van der Waals surface area (Å²) in [6.45, 7) is 2.57. The molecular weight excluding hydrogens is 428 g/mol. The van der Waals surface area contributed by atoms with Gasteiger partial charge in [0.25, 0.3) is 10.1 Å². The van der Waals surface area contributed by atoms with Crippen molar-refractivity contribution >= 4 is 10.1 Å². The van der Waals surface area contributed by atoms with Gasteiger partial charge in [0.05, 0.1) is 11.5 Å². The molecule has 3 nitrogen and oxygen atoms in total. The van der Waals surface area contributed by atoms with Gasteiger partial charge in [-0.05, 0) is 18.6 Å². The Balaban J connectivity index is 1.75. The molecule has 192 valence electrons. The van der Waals surface area contributed by atoms with Crippen LogP contribution in [0.5, 0.6) is 0 Å². The lowest BCUT2D eigenvalue weighted by Crippen LogP contribution is -2.07. The van der Waals surface area contributed by atoms with Gasteiger partial charge in [-0.2, -0.15) is 8.42 Å². The Bertz CT molecular complexity index is 628. The summed E-state index contributed by atoms with van der Waals surface area (Å²) in [6, 6.07) is 8.39. The summed E-state index contributed by atoms with van der Waals surface area (Å²) in [7, 11) is -3.59. The summed E-state index contributed by atoms with van der Waals surface area (Å²) in [6.07, 6.45) is 28.3. The minimum atomic E-state index is -3.59. The maximum Gasteiger partial charge on any atom is 0.296 e. The highest BCUT2D eigenvalue weighted by Gasteiger charge is 2.13. The van der Waals surface area contributed by atoms with Gasteiger partial charge < -0.3 is 0 Å². The first-order valence-corrected chi connectivity index (χ1v) is 15.5. The molecule has 33 heavy (non-hydrogen) atoms. The molecule has 4 heteroatoms. The third-order valence-electron chi connectivity index (χ3n) is 6.52. The lowest BCUT2D eigenvalue weighted by atomic mass is 10.0. The quantitative estimate of drug-likeness (QED) is 0.109. The van der Waals surface area contributed by atoms with E-state index in [9.17, 15) is 8.42 Å². The van der Waals surface area contributed by atoms with E-state index in [4.69, 9.17) is 4.18 Å². The second-order valence-corrected chi connectivity index (χ2v) is 11.3. The predicted octanol–water partition coefficient (Wildman–Crippen LogP) is 9.60. The maximum absolute atomic E-state index is 12.0. The van der Waals surface area contributed by atoms with E-state index >= 15 is 0 Å². The first kappa shape index (κ1) is 30.2. The summed E-state index contributed by atoms with van der Waals surface area (Å²) in [4.78, 5) is 0.244. The molecule has 0 unspecified atom stereocenters. The fraction of sp³-hybridized carbons (Fsp3) is 0.793. The van der Waals surface area contributed by atoms with Crippen LogP contribution in [-0.4, -0.2) is 15.0 Å². The van der Waals surface area contributed by atoms with Crippen LogP contribution >= 0.6 is 0 Å². The number of benzene rings is 1. The molecular formula is C29H52O3S. The zero-order chi connectivity index (χ0) is 23.9. The molecule has 0 aromatic heterocycles. The highest BCUT2D eigenvalue weighted by Crippen LogP contribution is 2.16. The van der Waals surface area contributed by atoms with Gasteiger partial charge in [0, 0.05) is 0 Å². The molecule has 0 radical (unpaired) electrons. The van der Waals surface area contributed by atoms with Crippen molar-refractivity contribution in [2.24, 2.45) is 0 Å². The van der Waals surface area contributed by atoms with Crippen LogP contribution in [0.2, 0.25) is 0 Å². The van der Waals surface area contributed by atoms with Crippen LogP contribution in [0.1, 0.15) is 142 Å². The van der Waals surface area contributed by atoms with Crippen molar-refractivity contribution in [2.75, 3.05) is 6.61 Å². The molecule has 0 aliphatic rings. The van der Waals surface area contributed by atoms with Crippen molar-refractivity contribution in [3.05, 3.63) is 30.3 Å². The molecule has 0 N–H and O–H groups in total. The fourth-order valence-electron chi connectivity index (χ4n) is 4.36. The van der Waals surface area contributed by atoms with Gasteiger partial charge in [0.2, 0.25) is 0 Å². The molecule has 0 heterocycles. The number of hydrogen-bond acceptors (Lipinski definition) is 3. The molecule has 0 bridgehead atoms. The largest absolute Gasteiger partial charge is 0.296 e. The van der Waals surface area contributed by atoms with E-state index in [1.807, 2.05) is 0 Å². The molecule has 0 aliphatic heterocycles. The Morgan fingerprint density at radius 3 is 1.21 bits per heavy atom. The fourth-order valence-corrected chi connectivity index (χ4v) is 5.32. The summed E-state index contributed by atoms with van der Waals surface area (Å²) in [5.41, 5.74) is 0.